The number of ether oxygens (including phenoxy) is 2. The average molecular weight is 487 g/mol. The van der Waals surface area contributed by atoms with Gasteiger partial charge in [-0.1, -0.05) is 12.1 Å². The molecule has 0 saturated heterocycles. The minimum absolute atomic E-state index is 0.000272. The Labute approximate surface area is 207 Å². The summed E-state index contributed by atoms with van der Waals surface area (Å²) in [6.45, 7) is 2.69. The lowest BCUT2D eigenvalue weighted by Crippen LogP contribution is -2.33. The van der Waals surface area contributed by atoms with Crippen molar-refractivity contribution in [1.82, 2.24) is 9.88 Å². The number of carbonyl (C=O) groups excluding carboxylic acids is 2. The lowest BCUT2D eigenvalue weighted by Gasteiger charge is -2.27. The van der Waals surface area contributed by atoms with E-state index in [2.05, 4.69) is 4.98 Å². The second kappa shape index (κ2) is 9.65. The van der Waals surface area contributed by atoms with Gasteiger partial charge in [-0.15, -0.1) is 0 Å². The molecule has 184 valence electrons. The monoisotopic (exact) mass is 486 g/mol. The molecule has 0 spiro atoms. The molecule has 36 heavy (non-hydrogen) atoms. The first kappa shape index (κ1) is 23.3. The molecular formula is C28H26N2O6. The zero-order valence-electron chi connectivity index (χ0n) is 20.0. The summed E-state index contributed by atoms with van der Waals surface area (Å²) in [6, 6.07) is 15.3. The maximum absolute atomic E-state index is 13.3. The van der Waals surface area contributed by atoms with E-state index in [1.807, 2.05) is 31.3 Å². The molecule has 1 amide bonds. The van der Waals surface area contributed by atoms with Gasteiger partial charge in [-0.3, -0.25) is 9.59 Å². The number of nitrogens with one attached hydrogen (secondary N) is 1. The van der Waals surface area contributed by atoms with Gasteiger partial charge in [0.25, 0.3) is 5.91 Å². The molecule has 8 nitrogen and oxygen atoms in total. The maximum Gasteiger partial charge on any atom is 0.290 e. The molecule has 2 aromatic heterocycles. The number of amides is 1. The van der Waals surface area contributed by atoms with E-state index in [4.69, 9.17) is 13.9 Å². The number of ketones is 1. The molecule has 4 aromatic rings. The molecule has 0 fully saturated rings. The van der Waals surface area contributed by atoms with E-state index in [1.54, 1.807) is 37.4 Å². The van der Waals surface area contributed by atoms with Crippen LogP contribution in [-0.2, 0) is 11.2 Å². The summed E-state index contributed by atoms with van der Waals surface area (Å²) in [4.78, 5) is 31.3. The number of H-pyrrole nitrogens is 1. The standard InChI is InChI=1S/C28H26N2O6/c1-3-35-19-8-6-17(7-9-19)25-24(26(31)23-5-4-14-36-23)27(32)28(33)30(25)13-12-18-16-29-22-11-10-20(34-2)15-21(18)22/h4-11,14-16,25,29,32H,3,12-13H2,1-2H3/t25-/m0/s1. The Morgan fingerprint density at radius 3 is 2.61 bits per heavy atom. The normalized spacial score (nSPS) is 15.7. The first-order valence-electron chi connectivity index (χ1n) is 11.7. The van der Waals surface area contributed by atoms with Crippen LogP contribution in [0.1, 0.15) is 34.6 Å². The third-order valence-corrected chi connectivity index (χ3v) is 6.40. The van der Waals surface area contributed by atoms with E-state index in [1.165, 1.54) is 17.2 Å². The van der Waals surface area contributed by atoms with Gasteiger partial charge in [-0.2, -0.15) is 0 Å². The van der Waals surface area contributed by atoms with Crippen molar-refractivity contribution in [3.8, 4) is 11.5 Å². The third-order valence-electron chi connectivity index (χ3n) is 6.40. The van der Waals surface area contributed by atoms with Gasteiger partial charge < -0.3 is 28.9 Å². The van der Waals surface area contributed by atoms with E-state index < -0.39 is 23.5 Å². The summed E-state index contributed by atoms with van der Waals surface area (Å²) in [6.07, 6.45) is 3.79. The van der Waals surface area contributed by atoms with E-state index in [0.717, 1.165) is 22.2 Å². The number of benzene rings is 2. The Bertz CT molecular complexity index is 1430. The van der Waals surface area contributed by atoms with Crippen molar-refractivity contribution < 1.29 is 28.6 Å². The topological polar surface area (TPSA) is 105 Å². The lowest BCUT2D eigenvalue weighted by molar-refractivity contribution is -0.129. The largest absolute Gasteiger partial charge is 0.503 e. The highest BCUT2D eigenvalue weighted by Crippen LogP contribution is 2.40. The number of hydrogen-bond acceptors (Lipinski definition) is 6. The summed E-state index contributed by atoms with van der Waals surface area (Å²) in [5.74, 6) is -0.206. The van der Waals surface area contributed by atoms with Crippen LogP contribution in [0.25, 0.3) is 10.9 Å². The Morgan fingerprint density at radius 1 is 1.14 bits per heavy atom. The van der Waals surface area contributed by atoms with Gasteiger partial charge in [0.15, 0.2) is 11.5 Å². The molecular weight excluding hydrogens is 460 g/mol. The van der Waals surface area contributed by atoms with E-state index in [0.29, 0.717) is 24.3 Å². The number of nitrogens with zero attached hydrogens (tertiary/aromatic N) is 1. The first-order valence-corrected chi connectivity index (χ1v) is 11.7. The first-order chi connectivity index (χ1) is 17.5. The zero-order chi connectivity index (χ0) is 25.2. The number of aliphatic hydroxyl groups is 1. The van der Waals surface area contributed by atoms with Crippen molar-refractivity contribution in [3.05, 3.63) is 95.3 Å². The number of furan rings is 1. The van der Waals surface area contributed by atoms with Crippen LogP contribution >= 0.6 is 0 Å². The number of carbonyl (C=O) groups is 2. The van der Waals surface area contributed by atoms with E-state index in [-0.39, 0.29) is 17.9 Å². The molecule has 1 atom stereocenters. The number of methoxy groups -OCH3 is 1. The minimum atomic E-state index is -0.773. The molecule has 0 aliphatic carbocycles. The molecule has 1 aliphatic rings. The molecule has 2 aromatic carbocycles. The minimum Gasteiger partial charge on any atom is -0.503 e. The van der Waals surface area contributed by atoms with E-state index in [9.17, 15) is 14.7 Å². The Morgan fingerprint density at radius 2 is 1.92 bits per heavy atom. The average Bonchev–Trinajstić information content (AvgIpc) is 3.63. The van der Waals surface area contributed by atoms with Gasteiger partial charge >= 0.3 is 0 Å². The molecule has 0 radical (unpaired) electrons. The van der Waals surface area contributed by atoms with Crippen LogP contribution in [0.2, 0.25) is 0 Å². The molecule has 2 N–H and O–H groups in total. The molecule has 8 heteroatoms. The smallest absolute Gasteiger partial charge is 0.290 e. The fourth-order valence-electron chi connectivity index (χ4n) is 4.65. The molecule has 1 aliphatic heterocycles. The van der Waals surface area contributed by atoms with Crippen LogP contribution < -0.4 is 9.47 Å². The summed E-state index contributed by atoms with van der Waals surface area (Å²) < 4.78 is 16.2. The van der Waals surface area contributed by atoms with Crippen molar-refractivity contribution in [2.45, 2.75) is 19.4 Å². The van der Waals surface area contributed by atoms with Crippen molar-refractivity contribution in [2.75, 3.05) is 20.3 Å². The van der Waals surface area contributed by atoms with Gasteiger partial charge in [0, 0.05) is 23.6 Å². The van der Waals surface area contributed by atoms with Crippen LogP contribution in [0.15, 0.2) is 82.8 Å². The maximum atomic E-state index is 13.3. The highest BCUT2D eigenvalue weighted by molar-refractivity contribution is 6.15. The van der Waals surface area contributed by atoms with Crippen molar-refractivity contribution >= 4 is 22.6 Å². The van der Waals surface area contributed by atoms with Crippen molar-refractivity contribution in [2.24, 2.45) is 0 Å². The Kier molecular flexibility index (Phi) is 6.25. The Balaban J connectivity index is 1.49. The summed E-state index contributed by atoms with van der Waals surface area (Å²) in [7, 11) is 1.61. The number of rotatable bonds is 9. The second-order valence-corrected chi connectivity index (χ2v) is 8.45. The molecule has 5 rings (SSSR count). The Hall–Kier alpha value is -4.46. The summed E-state index contributed by atoms with van der Waals surface area (Å²) >= 11 is 0. The van der Waals surface area contributed by atoms with Gasteiger partial charge in [-0.05, 0) is 66.9 Å². The van der Waals surface area contributed by atoms with Gasteiger partial charge in [0.2, 0.25) is 5.78 Å². The van der Waals surface area contributed by atoms with Gasteiger partial charge in [0.05, 0.1) is 31.6 Å². The van der Waals surface area contributed by atoms with Gasteiger partial charge in [-0.25, -0.2) is 0 Å². The number of aromatic nitrogens is 1. The van der Waals surface area contributed by atoms with Gasteiger partial charge in [0.1, 0.15) is 11.5 Å². The molecule has 0 unspecified atom stereocenters. The quantitative estimate of drug-likeness (QED) is 0.323. The predicted octanol–water partition coefficient (Wildman–Crippen LogP) is 4.99. The zero-order valence-corrected chi connectivity index (χ0v) is 20.0. The second-order valence-electron chi connectivity index (χ2n) is 8.45. The SMILES string of the molecule is CCOc1ccc([C@H]2C(C(=O)c3ccco3)=C(O)C(=O)N2CCc2c[nH]c3ccc(OC)cc23)cc1. The van der Waals surface area contributed by atoms with Crippen LogP contribution in [-0.4, -0.2) is 46.9 Å². The van der Waals surface area contributed by atoms with Crippen molar-refractivity contribution in [1.29, 1.82) is 0 Å². The van der Waals surface area contributed by atoms with Crippen LogP contribution in [0.5, 0.6) is 11.5 Å². The fourth-order valence-corrected chi connectivity index (χ4v) is 4.65. The summed E-state index contributed by atoms with van der Waals surface area (Å²) in [5, 5.41) is 11.8. The number of hydrogen-bond donors (Lipinski definition) is 2. The van der Waals surface area contributed by atoms with Crippen molar-refractivity contribution in [3.63, 3.8) is 0 Å². The number of fused-ring (bicyclic) bond motifs is 1. The van der Waals surface area contributed by atoms with Crippen LogP contribution in [0.3, 0.4) is 0 Å². The number of aliphatic hydroxyl groups excluding tert-OH is 1. The third kappa shape index (κ3) is 4.11. The molecule has 0 saturated carbocycles. The fraction of sp³-hybridized carbons (Fsp3) is 0.214. The molecule has 3 heterocycles. The predicted molar refractivity (Wildman–Crippen MR) is 133 cm³/mol. The highest BCUT2D eigenvalue weighted by atomic mass is 16.5. The van der Waals surface area contributed by atoms with Crippen LogP contribution in [0, 0.1) is 0 Å². The van der Waals surface area contributed by atoms with E-state index >= 15 is 0 Å². The summed E-state index contributed by atoms with van der Waals surface area (Å²) in [5.41, 5.74) is 2.63. The number of aromatic amines is 1. The highest BCUT2D eigenvalue weighted by Gasteiger charge is 2.44. The lowest BCUT2D eigenvalue weighted by atomic mass is 9.95. The number of Topliss-reactive ketones (excluding diaryl/α,β-unsaturated/α-hetero) is 1. The molecule has 0 bridgehead atoms. The van der Waals surface area contributed by atoms with Crippen LogP contribution in [0.4, 0.5) is 0 Å².